The van der Waals surface area contributed by atoms with Crippen molar-refractivity contribution in [3.8, 4) is 0 Å². The van der Waals surface area contributed by atoms with Gasteiger partial charge in [-0.05, 0) is 30.6 Å². The van der Waals surface area contributed by atoms with Crippen molar-refractivity contribution in [2.75, 3.05) is 27.2 Å². The van der Waals surface area contributed by atoms with Gasteiger partial charge in [0.2, 0.25) is 0 Å². The maximum absolute atomic E-state index is 10.4. The number of benzene rings is 1. The fourth-order valence-corrected chi connectivity index (χ4v) is 1.54. The largest absolute Gasteiger partial charge is 1.00 e. The molecule has 0 amide bonds. The van der Waals surface area contributed by atoms with Crippen LogP contribution in [0.2, 0.25) is 0 Å². The van der Waals surface area contributed by atoms with E-state index < -0.39 is 0 Å². The van der Waals surface area contributed by atoms with Crippen molar-refractivity contribution >= 4 is 18.2 Å². The third-order valence-electron chi connectivity index (χ3n) is 1.64. The maximum atomic E-state index is 10.4. The van der Waals surface area contributed by atoms with Gasteiger partial charge in [-0.15, -0.1) is 6.54 Å². The van der Waals surface area contributed by atoms with Gasteiger partial charge in [-0.25, -0.2) is 0 Å². The fraction of sp³-hybridized carbons (Fsp3) is 0.364. The maximum Gasteiger partial charge on any atom is 1.00 e. The van der Waals surface area contributed by atoms with Crippen LogP contribution in [0.15, 0.2) is 29.2 Å². The van der Waals surface area contributed by atoms with Gasteiger partial charge >= 0.3 is 51.4 Å². The Hall–Kier alpha value is 0.756. The molecule has 17 heavy (non-hydrogen) atoms. The summed E-state index contributed by atoms with van der Waals surface area (Å²) in [6.07, 6.45) is 0.845. The van der Waals surface area contributed by atoms with Crippen LogP contribution in [0.5, 0.6) is 0 Å². The Balaban J connectivity index is 0. The minimum atomic E-state index is 0. The van der Waals surface area contributed by atoms with Crippen LogP contribution in [-0.4, -0.2) is 38.6 Å². The molecule has 90 valence electrons. The number of carbonyl (C=O) groups is 1. The SMILES string of the molecule is CO.C[N-]CCNSc1ccc(C=O)cc1.[K+]. The van der Waals surface area contributed by atoms with Crippen molar-refractivity contribution in [1.82, 2.24) is 4.72 Å². The molecule has 0 aliphatic rings. The molecular formula is C11H17KN2O2S. The second-order valence-corrected chi connectivity index (χ2v) is 3.69. The zero-order valence-corrected chi connectivity index (χ0v) is 14.5. The van der Waals surface area contributed by atoms with Gasteiger partial charge < -0.3 is 10.4 Å². The van der Waals surface area contributed by atoms with Crippen LogP contribution in [0.4, 0.5) is 0 Å². The molecule has 0 aliphatic carbocycles. The average molecular weight is 280 g/mol. The zero-order valence-electron chi connectivity index (χ0n) is 10.5. The Labute approximate surface area is 149 Å². The smallest absolute Gasteiger partial charge is 0.664 e. The molecule has 2 N–H and O–H groups in total. The minimum Gasteiger partial charge on any atom is -0.664 e. The zero-order chi connectivity index (χ0) is 12.2. The van der Waals surface area contributed by atoms with Crippen LogP contribution in [-0.2, 0) is 0 Å². The average Bonchev–Trinajstić information content (AvgIpc) is 2.38. The first-order chi connectivity index (χ1) is 7.86. The molecule has 0 saturated heterocycles. The van der Waals surface area contributed by atoms with Gasteiger partial charge in [0.15, 0.2) is 0 Å². The number of aliphatic hydroxyl groups excluding tert-OH is 1. The summed E-state index contributed by atoms with van der Waals surface area (Å²) in [4.78, 5) is 11.5. The molecule has 1 rings (SSSR count). The number of nitrogens with one attached hydrogen (secondary N) is 1. The van der Waals surface area contributed by atoms with Crippen LogP contribution < -0.4 is 56.1 Å². The number of aliphatic hydroxyl groups is 1. The number of aldehydes is 1. The second kappa shape index (κ2) is 14.8. The summed E-state index contributed by atoms with van der Waals surface area (Å²) in [5.41, 5.74) is 0.706. The Kier molecular flexibility index (Phi) is 17.5. The molecule has 0 unspecified atom stereocenters. The van der Waals surface area contributed by atoms with Crippen LogP contribution in [0, 0.1) is 0 Å². The van der Waals surface area contributed by atoms with E-state index >= 15 is 0 Å². The van der Waals surface area contributed by atoms with Crippen LogP contribution in [0.1, 0.15) is 10.4 Å². The van der Waals surface area contributed by atoms with E-state index in [4.69, 9.17) is 5.11 Å². The van der Waals surface area contributed by atoms with Crippen molar-refractivity contribution in [3.63, 3.8) is 0 Å². The molecule has 0 spiro atoms. The molecule has 0 aliphatic heterocycles. The van der Waals surface area contributed by atoms with E-state index in [1.807, 2.05) is 12.1 Å². The first kappa shape index (κ1) is 20.1. The Morgan fingerprint density at radius 1 is 1.35 bits per heavy atom. The molecule has 4 nitrogen and oxygen atoms in total. The number of hydrogen-bond donors (Lipinski definition) is 2. The molecule has 0 atom stereocenters. The first-order valence-electron chi connectivity index (χ1n) is 4.82. The molecule has 0 heterocycles. The van der Waals surface area contributed by atoms with Crippen molar-refractivity contribution in [3.05, 3.63) is 35.1 Å². The Morgan fingerprint density at radius 3 is 2.41 bits per heavy atom. The molecule has 6 heteroatoms. The molecule has 0 bridgehead atoms. The normalized spacial score (nSPS) is 8.65. The van der Waals surface area contributed by atoms with Gasteiger partial charge in [0.1, 0.15) is 6.29 Å². The number of hydrogen-bond acceptors (Lipinski definition) is 4. The molecule has 1 aromatic rings. The first-order valence-corrected chi connectivity index (χ1v) is 5.63. The monoisotopic (exact) mass is 280 g/mol. The van der Waals surface area contributed by atoms with Gasteiger partial charge in [0.05, 0.1) is 0 Å². The summed E-state index contributed by atoms with van der Waals surface area (Å²) >= 11 is 1.55. The summed E-state index contributed by atoms with van der Waals surface area (Å²) in [5.74, 6) is 0. The third kappa shape index (κ3) is 10.4. The Bertz CT molecular complexity index is 283. The molecular weight excluding hydrogens is 263 g/mol. The van der Waals surface area contributed by atoms with Crippen LogP contribution in [0.25, 0.3) is 5.32 Å². The van der Waals surface area contributed by atoms with Gasteiger partial charge in [-0.3, -0.25) is 9.52 Å². The quantitative estimate of drug-likeness (QED) is 0.295. The predicted octanol–water partition coefficient (Wildman–Crippen LogP) is -1.29. The second-order valence-electron chi connectivity index (χ2n) is 2.72. The summed E-state index contributed by atoms with van der Waals surface area (Å²) in [6, 6.07) is 7.46. The van der Waals surface area contributed by atoms with Crippen LogP contribution >= 0.6 is 11.9 Å². The molecule has 0 fully saturated rings. The number of carbonyl (C=O) groups excluding carboxylic acids is 1. The van der Waals surface area contributed by atoms with Gasteiger partial charge in [-0.1, -0.05) is 12.1 Å². The standard InChI is InChI=1S/C10H13N2OS.CH4O.K/c1-11-6-7-12-14-10-4-2-9(8-13)3-5-10;1-2;/h2-5,8,12H,6-7H2,1H3;2H,1H3;/q-1;;+1. The van der Waals surface area contributed by atoms with E-state index in [-0.39, 0.29) is 51.4 Å². The summed E-state index contributed by atoms with van der Waals surface area (Å²) in [6.45, 7) is 1.68. The molecule has 1 aromatic carbocycles. The third-order valence-corrected chi connectivity index (χ3v) is 2.50. The topological polar surface area (TPSA) is 63.4 Å². The van der Waals surface area contributed by atoms with E-state index in [9.17, 15) is 4.79 Å². The molecule has 0 saturated carbocycles. The minimum absolute atomic E-state index is 0. The van der Waals surface area contributed by atoms with Crippen molar-refractivity contribution < 1.29 is 61.3 Å². The van der Waals surface area contributed by atoms with E-state index in [0.717, 1.165) is 31.4 Å². The van der Waals surface area contributed by atoms with E-state index in [1.54, 1.807) is 31.1 Å². The number of likely N-dealkylation sites (N-methyl/N-ethyl adjacent to an activating group) is 1. The molecule has 0 aromatic heterocycles. The summed E-state index contributed by atoms with van der Waals surface area (Å²) in [5, 5.41) is 11.0. The van der Waals surface area contributed by atoms with E-state index in [1.165, 1.54) is 0 Å². The van der Waals surface area contributed by atoms with Gasteiger partial charge in [0, 0.05) is 17.6 Å². The van der Waals surface area contributed by atoms with E-state index in [2.05, 4.69) is 10.0 Å². The van der Waals surface area contributed by atoms with Crippen molar-refractivity contribution in [2.45, 2.75) is 4.90 Å². The number of nitrogens with zero attached hydrogens (tertiary/aromatic N) is 1. The predicted molar refractivity (Wildman–Crippen MR) is 68.0 cm³/mol. The van der Waals surface area contributed by atoms with Crippen molar-refractivity contribution in [1.29, 1.82) is 0 Å². The molecule has 0 radical (unpaired) electrons. The van der Waals surface area contributed by atoms with Crippen molar-refractivity contribution in [2.24, 2.45) is 0 Å². The van der Waals surface area contributed by atoms with E-state index in [0.29, 0.717) is 5.56 Å². The van der Waals surface area contributed by atoms with Gasteiger partial charge in [0.25, 0.3) is 0 Å². The Morgan fingerprint density at radius 2 is 1.94 bits per heavy atom. The number of rotatable bonds is 6. The summed E-state index contributed by atoms with van der Waals surface area (Å²) in [7, 11) is 2.80. The van der Waals surface area contributed by atoms with Gasteiger partial charge in [-0.2, -0.15) is 7.05 Å². The summed E-state index contributed by atoms with van der Waals surface area (Å²) < 4.78 is 3.17. The fourth-order valence-electron chi connectivity index (χ4n) is 0.906. The van der Waals surface area contributed by atoms with Crippen LogP contribution in [0.3, 0.4) is 0 Å².